The highest BCUT2D eigenvalue weighted by molar-refractivity contribution is 9.10. The summed E-state index contributed by atoms with van der Waals surface area (Å²) in [6.45, 7) is 0.781. The molecule has 146 valence electrons. The molecule has 4 rings (SSSR count). The summed E-state index contributed by atoms with van der Waals surface area (Å²) in [4.78, 5) is 4.75. The summed E-state index contributed by atoms with van der Waals surface area (Å²) in [5.41, 5.74) is 0.689. The van der Waals surface area contributed by atoms with E-state index in [9.17, 15) is 8.42 Å². The van der Waals surface area contributed by atoms with E-state index < -0.39 is 10.0 Å². The molecule has 1 aliphatic heterocycles. The first kappa shape index (κ1) is 19.6. The summed E-state index contributed by atoms with van der Waals surface area (Å²) in [5.74, 6) is 0.696. The lowest BCUT2D eigenvalue weighted by molar-refractivity contribution is 0.265. The standard InChI is InChI=1S/C19H17BrClN3O3S/c20-14-7-9-15(10-8-14)28(25,26)24-11-3-4-13(12-24)19-22-18(23-27-19)16-5-1-2-6-17(16)21/h1-2,5-10,13H,3-4,11-12H2/t13-/m1/s1. The van der Waals surface area contributed by atoms with E-state index in [1.54, 1.807) is 30.3 Å². The number of piperidine rings is 1. The number of hydrogen-bond acceptors (Lipinski definition) is 5. The number of halogens is 2. The minimum Gasteiger partial charge on any atom is -0.339 e. The van der Waals surface area contributed by atoms with E-state index in [-0.39, 0.29) is 10.8 Å². The van der Waals surface area contributed by atoms with Crippen LogP contribution in [0.3, 0.4) is 0 Å². The van der Waals surface area contributed by atoms with Crippen LogP contribution in [0.25, 0.3) is 11.4 Å². The normalized spacial score (nSPS) is 18.3. The Morgan fingerprint density at radius 2 is 1.89 bits per heavy atom. The highest BCUT2D eigenvalue weighted by atomic mass is 79.9. The van der Waals surface area contributed by atoms with Gasteiger partial charge in [-0.15, -0.1) is 0 Å². The Hall–Kier alpha value is -1.74. The van der Waals surface area contributed by atoms with Crippen molar-refractivity contribution >= 4 is 37.6 Å². The molecule has 0 aliphatic carbocycles. The molecule has 1 aliphatic rings. The van der Waals surface area contributed by atoms with Crippen LogP contribution in [0.2, 0.25) is 5.02 Å². The monoisotopic (exact) mass is 481 g/mol. The summed E-state index contributed by atoms with van der Waals surface area (Å²) >= 11 is 9.53. The molecule has 0 bridgehead atoms. The smallest absolute Gasteiger partial charge is 0.243 e. The maximum absolute atomic E-state index is 13.0. The van der Waals surface area contributed by atoms with Gasteiger partial charge in [-0.3, -0.25) is 0 Å². The average molecular weight is 483 g/mol. The van der Waals surface area contributed by atoms with Crippen LogP contribution in [0.5, 0.6) is 0 Å². The van der Waals surface area contributed by atoms with Crippen LogP contribution < -0.4 is 0 Å². The number of rotatable bonds is 4. The molecular formula is C19H17BrClN3O3S. The predicted molar refractivity (Wildman–Crippen MR) is 110 cm³/mol. The molecule has 0 amide bonds. The maximum Gasteiger partial charge on any atom is 0.243 e. The number of benzene rings is 2. The summed E-state index contributed by atoms with van der Waals surface area (Å²) in [7, 11) is -3.57. The molecule has 0 spiro atoms. The van der Waals surface area contributed by atoms with Gasteiger partial charge in [-0.05, 0) is 49.2 Å². The van der Waals surface area contributed by atoms with Gasteiger partial charge >= 0.3 is 0 Å². The Morgan fingerprint density at radius 3 is 2.64 bits per heavy atom. The van der Waals surface area contributed by atoms with E-state index in [1.165, 1.54) is 4.31 Å². The van der Waals surface area contributed by atoms with Crippen molar-refractivity contribution in [3.05, 3.63) is 63.9 Å². The second-order valence-corrected chi connectivity index (χ2v) is 9.85. The van der Waals surface area contributed by atoms with Gasteiger partial charge < -0.3 is 4.52 Å². The molecule has 0 saturated carbocycles. The highest BCUT2D eigenvalue weighted by Crippen LogP contribution is 2.32. The van der Waals surface area contributed by atoms with Crippen molar-refractivity contribution in [3.63, 3.8) is 0 Å². The number of aromatic nitrogens is 2. The molecule has 6 nitrogen and oxygen atoms in total. The van der Waals surface area contributed by atoms with E-state index in [0.717, 1.165) is 17.3 Å². The highest BCUT2D eigenvalue weighted by Gasteiger charge is 2.33. The van der Waals surface area contributed by atoms with Gasteiger partial charge in [-0.2, -0.15) is 9.29 Å². The Kier molecular flexibility index (Phi) is 5.55. The Bertz CT molecular complexity index is 1090. The zero-order chi connectivity index (χ0) is 19.7. The fourth-order valence-electron chi connectivity index (χ4n) is 3.27. The molecule has 1 aromatic heterocycles. The van der Waals surface area contributed by atoms with Gasteiger partial charge in [-0.25, -0.2) is 8.42 Å². The largest absolute Gasteiger partial charge is 0.339 e. The average Bonchev–Trinajstić information content (AvgIpc) is 3.19. The van der Waals surface area contributed by atoms with Gasteiger partial charge in [0.25, 0.3) is 0 Å². The third-order valence-electron chi connectivity index (χ3n) is 4.74. The Labute approximate surface area is 176 Å². The van der Waals surface area contributed by atoms with Crippen LogP contribution >= 0.6 is 27.5 Å². The second-order valence-electron chi connectivity index (χ2n) is 6.59. The number of sulfonamides is 1. The molecule has 1 atom stereocenters. The zero-order valence-corrected chi connectivity index (χ0v) is 17.9. The third kappa shape index (κ3) is 3.87. The third-order valence-corrected chi connectivity index (χ3v) is 7.48. The minimum atomic E-state index is -3.57. The topological polar surface area (TPSA) is 76.3 Å². The van der Waals surface area contributed by atoms with Crippen molar-refractivity contribution < 1.29 is 12.9 Å². The van der Waals surface area contributed by atoms with E-state index in [0.29, 0.717) is 35.4 Å². The van der Waals surface area contributed by atoms with Crippen molar-refractivity contribution in [1.29, 1.82) is 0 Å². The second kappa shape index (κ2) is 7.94. The van der Waals surface area contributed by atoms with Gasteiger partial charge in [0.1, 0.15) is 0 Å². The van der Waals surface area contributed by atoms with Crippen LogP contribution in [-0.2, 0) is 10.0 Å². The Balaban J connectivity index is 1.56. The molecule has 0 unspecified atom stereocenters. The summed E-state index contributed by atoms with van der Waals surface area (Å²) in [6, 6.07) is 13.9. The van der Waals surface area contributed by atoms with Crippen molar-refractivity contribution in [2.45, 2.75) is 23.7 Å². The lowest BCUT2D eigenvalue weighted by atomic mass is 10.00. The first-order valence-corrected chi connectivity index (χ1v) is 11.4. The van der Waals surface area contributed by atoms with Crippen molar-refractivity contribution in [2.24, 2.45) is 0 Å². The lowest BCUT2D eigenvalue weighted by Gasteiger charge is -2.30. The minimum absolute atomic E-state index is 0.150. The van der Waals surface area contributed by atoms with Crippen molar-refractivity contribution in [3.8, 4) is 11.4 Å². The summed E-state index contributed by atoms with van der Waals surface area (Å²) in [6.07, 6.45) is 1.51. The van der Waals surface area contributed by atoms with Crippen LogP contribution in [0.1, 0.15) is 24.7 Å². The molecule has 28 heavy (non-hydrogen) atoms. The first-order valence-electron chi connectivity index (χ1n) is 8.79. The molecule has 1 fully saturated rings. The summed E-state index contributed by atoms with van der Waals surface area (Å²) < 4.78 is 33.7. The van der Waals surface area contributed by atoms with Crippen LogP contribution in [-0.4, -0.2) is 36.0 Å². The zero-order valence-electron chi connectivity index (χ0n) is 14.8. The van der Waals surface area contributed by atoms with E-state index in [2.05, 4.69) is 26.1 Å². The van der Waals surface area contributed by atoms with E-state index >= 15 is 0 Å². The Morgan fingerprint density at radius 1 is 1.14 bits per heavy atom. The SMILES string of the molecule is O=S(=O)(c1ccc(Br)cc1)N1CCC[C@@H](c2nc(-c3ccccc3Cl)no2)C1. The fourth-order valence-corrected chi connectivity index (χ4v) is 5.28. The van der Waals surface area contributed by atoms with Gasteiger partial charge in [0.05, 0.1) is 15.8 Å². The molecule has 0 N–H and O–H groups in total. The molecular weight excluding hydrogens is 466 g/mol. The van der Waals surface area contributed by atoms with Gasteiger partial charge in [0, 0.05) is 23.1 Å². The van der Waals surface area contributed by atoms with Crippen molar-refractivity contribution in [2.75, 3.05) is 13.1 Å². The lowest BCUT2D eigenvalue weighted by Crippen LogP contribution is -2.39. The molecule has 2 heterocycles. The molecule has 1 saturated heterocycles. The van der Waals surface area contributed by atoms with E-state index in [4.69, 9.17) is 16.1 Å². The fraction of sp³-hybridized carbons (Fsp3) is 0.263. The van der Waals surface area contributed by atoms with Gasteiger partial charge in [0.15, 0.2) is 0 Å². The quantitative estimate of drug-likeness (QED) is 0.538. The molecule has 2 aromatic carbocycles. The van der Waals surface area contributed by atoms with Crippen LogP contribution in [0.4, 0.5) is 0 Å². The molecule has 3 aromatic rings. The summed E-state index contributed by atoms with van der Waals surface area (Å²) in [5, 5.41) is 4.57. The maximum atomic E-state index is 13.0. The van der Waals surface area contributed by atoms with Crippen LogP contribution in [0, 0.1) is 0 Å². The number of hydrogen-bond donors (Lipinski definition) is 0. The van der Waals surface area contributed by atoms with E-state index in [1.807, 2.05) is 18.2 Å². The molecule has 9 heteroatoms. The number of nitrogens with zero attached hydrogens (tertiary/aromatic N) is 3. The van der Waals surface area contributed by atoms with Gasteiger partial charge in [0.2, 0.25) is 21.7 Å². The molecule has 0 radical (unpaired) electrons. The predicted octanol–water partition coefficient (Wildman–Crippen LogP) is 4.72. The van der Waals surface area contributed by atoms with Crippen LogP contribution in [0.15, 0.2) is 62.4 Å². The van der Waals surface area contributed by atoms with Gasteiger partial charge in [-0.1, -0.05) is 44.8 Å². The van der Waals surface area contributed by atoms with Crippen molar-refractivity contribution in [1.82, 2.24) is 14.4 Å². The first-order chi connectivity index (χ1) is 13.4.